The van der Waals surface area contributed by atoms with Gasteiger partial charge in [-0.05, 0) is 37.6 Å². The monoisotopic (exact) mass is 336 g/mol. The lowest BCUT2D eigenvalue weighted by Gasteiger charge is -2.15. The van der Waals surface area contributed by atoms with Gasteiger partial charge < -0.3 is 10.6 Å². The Morgan fingerprint density at radius 1 is 1.12 bits per heavy atom. The molecule has 0 aliphatic rings. The second-order valence-corrected chi connectivity index (χ2v) is 5.66. The van der Waals surface area contributed by atoms with E-state index in [1.807, 2.05) is 19.1 Å². The lowest BCUT2D eigenvalue weighted by Crippen LogP contribution is -2.37. The van der Waals surface area contributed by atoms with Crippen molar-refractivity contribution in [2.45, 2.75) is 32.6 Å². The van der Waals surface area contributed by atoms with Crippen LogP contribution in [0.5, 0.6) is 0 Å². The van der Waals surface area contributed by atoms with Gasteiger partial charge in [0.25, 0.3) is 0 Å². The van der Waals surface area contributed by atoms with E-state index in [1.54, 1.807) is 25.1 Å². The highest BCUT2D eigenvalue weighted by atomic mass is 19.4. The van der Waals surface area contributed by atoms with Crippen LogP contribution in [0.4, 0.5) is 18.9 Å². The summed E-state index contributed by atoms with van der Waals surface area (Å²) in [4.78, 5) is 12.1. The van der Waals surface area contributed by atoms with E-state index in [2.05, 4.69) is 10.6 Å². The Kier molecular flexibility index (Phi) is 5.62. The molecule has 128 valence electrons. The fraction of sp³-hybridized carbons (Fsp3) is 0.278. The average molecular weight is 336 g/mol. The summed E-state index contributed by atoms with van der Waals surface area (Å²) in [6.07, 6.45) is -4.37. The van der Waals surface area contributed by atoms with Gasteiger partial charge in [0.05, 0.1) is 11.6 Å². The van der Waals surface area contributed by atoms with E-state index in [0.29, 0.717) is 11.3 Å². The second kappa shape index (κ2) is 7.49. The molecule has 0 aliphatic heterocycles. The Labute approximate surface area is 138 Å². The fourth-order valence-corrected chi connectivity index (χ4v) is 2.11. The largest absolute Gasteiger partial charge is 0.416 e. The molecule has 0 fully saturated rings. The molecule has 0 saturated carbocycles. The quantitative estimate of drug-likeness (QED) is 0.862. The normalized spacial score (nSPS) is 12.7. The molecule has 1 amide bonds. The van der Waals surface area contributed by atoms with Crippen LogP contribution in [0, 0.1) is 6.92 Å². The number of nitrogens with one attached hydrogen (secondary N) is 2. The molecule has 2 aromatic rings. The van der Waals surface area contributed by atoms with Crippen LogP contribution in [-0.2, 0) is 17.5 Å². The van der Waals surface area contributed by atoms with E-state index in [0.717, 1.165) is 17.7 Å². The molecule has 0 heterocycles. The third-order valence-electron chi connectivity index (χ3n) is 3.58. The first-order valence-corrected chi connectivity index (χ1v) is 7.53. The van der Waals surface area contributed by atoms with Crippen molar-refractivity contribution < 1.29 is 18.0 Å². The smallest absolute Gasteiger partial charge is 0.325 e. The predicted octanol–water partition coefficient (Wildman–Crippen LogP) is 4.13. The number of aryl methyl sites for hydroxylation is 1. The first-order valence-electron chi connectivity index (χ1n) is 7.53. The van der Waals surface area contributed by atoms with Gasteiger partial charge in [0.2, 0.25) is 5.91 Å². The third kappa shape index (κ3) is 5.09. The van der Waals surface area contributed by atoms with Gasteiger partial charge in [-0.3, -0.25) is 4.79 Å². The number of benzene rings is 2. The molecule has 3 nitrogen and oxygen atoms in total. The van der Waals surface area contributed by atoms with Gasteiger partial charge in [0.1, 0.15) is 0 Å². The molecule has 0 aromatic heterocycles. The molecule has 1 atom stereocenters. The highest BCUT2D eigenvalue weighted by Gasteiger charge is 2.30. The summed E-state index contributed by atoms with van der Waals surface area (Å²) in [6, 6.07) is 11.9. The molecule has 1 unspecified atom stereocenters. The van der Waals surface area contributed by atoms with Crippen molar-refractivity contribution in [2.24, 2.45) is 0 Å². The van der Waals surface area contributed by atoms with E-state index in [1.165, 1.54) is 6.07 Å². The van der Waals surface area contributed by atoms with Crippen LogP contribution in [0.15, 0.2) is 48.5 Å². The Morgan fingerprint density at radius 3 is 2.42 bits per heavy atom. The number of carbonyl (C=O) groups is 1. The summed E-state index contributed by atoms with van der Waals surface area (Å²) in [6.45, 7) is 3.79. The van der Waals surface area contributed by atoms with Crippen molar-refractivity contribution >= 4 is 11.6 Å². The van der Waals surface area contributed by atoms with Crippen molar-refractivity contribution in [1.29, 1.82) is 0 Å². The highest BCUT2D eigenvalue weighted by Crippen LogP contribution is 2.29. The van der Waals surface area contributed by atoms with E-state index in [-0.39, 0.29) is 12.5 Å². The molecule has 2 rings (SSSR count). The maximum atomic E-state index is 12.7. The summed E-state index contributed by atoms with van der Waals surface area (Å²) in [5.74, 6) is -0.245. The fourth-order valence-electron chi connectivity index (χ4n) is 2.11. The van der Waals surface area contributed by atoms with Crippen molar-refractivity contribution in [1.82, 2.24) is 5.32 Å². The summed E-state index contributed by atoms with van der Waals surface area (Å²) in [5, 5.41) is 5.69. The molecule has 0 bridgehead atoms. The predicted molar refractivity (Wildman–Crippen MR) is 87.6 cm³/mol. The zero-order valence-electron chi connectivity index (χ0n) is 13.4. The molecular weight excluding hydrogens is 317 g/mol. The molecule has 0 spiro atoms. The van der Waals surface area contributed by atoms with Crippen LogP contribution < -0.4 is 10.6 Å². The molecule has 0 aliphatic carbocycles. The molecule has 0 radical (unpaired) electrons. The van der Waals surface area contributed by atoms with Crippen LogP contribution in [0.1, 0.15) is 23.6 Å². The number of carbonyl (C=O) groups excluding carboxylic acids is 1. The topological polar surface area (TPSA) is 41.1 Å². The highest BCUT2D eigenvalue weighted by molar-refractivity contribution is 5.94. The zero-order valence-corrected chi connectivity index (χ0v) is 13.4. The Balaban J connectivity index is 1.91. The lowest BCUT2D eigenvalue weighted by atomic mass is 10.1. The second-order valence-electron chi connectivity index (χ2n) is 5.66. The summed E-state index contributed by atoms with van der Waals surface area (Å²) >= 11 is 0. The number of anilines is 1. The number of rotatable bonds is 5. The van der Waals surface area contributed by atoms with Crippen molar-refractivity contribution in [3.05, 3.63) is 65.2 Å². The molecule has 2 N–H and O–H groups in total. The Hall–Kier alpha value is -2.34. The van der Waals surface area contributed by atoms with Gasteiger partial charge in [0.15, 0.2) is 0 Å². The Bertz CT molecular complexity index is 696. The minimum absolute atomic E-state index is 0.173. The van der Waals surface area contributed by atoms with Gasteiger partial charge in [-0.25, -0.2) is 0 Å². The lowest BCUT2D eigenvalue weighted by molar-refractivity contribution is -0.137. The minimum atomic E-state index is -4.37. The van der Waals surface area contributed by atoms with E-state index >= 15 is 0 Å². The van der Waals surface area contributed by atoms with Gasteiger partial charge in [-0.1, -0.05) is 35.9 Å². The van der Waals surface area contributed by atoms with E-state index in [4.69, 9.17) is 0 Å². The van der Waals surface area contributed by atoms with Crippen LogP contribution in [-0.4, -0.2) is 11.9 Å². The molecular formula is C18H19F3N2O. The first-order chi connectivity index (χ1) is 11.3. The van der Waals surface area contributed by atoms with Crippen LogP contribution in [0.25, 0.3) is 0 Å². The summed E-state index contributed by atoms with van der Waals surface area (Å²) in [5.41, 5.74) is 1.54. The first kappa shape index (κ1) is 18.0. The minimum Gasteiger partial charge on any atom is -0.325 e. The number of hydrogen-bond donors (Lipinski definition) is 2. The third-order valence-corrected chi connectivity index (χ3v) is 3.58. The Morgan fingerprint density at radius 2 is 1.79 bits per heavy atom. The number of alkyl halides is 3. The number of amides is 1. The number of hydrogen-bond acceptors (Lipinski definition) is 2. The van der Waals surface area contributed by atoms with Crippen molar-refractivity contribution in [3.8, 4) is 0 Å². The molecule has 6 heteroatoms. The summed E-state index contributed by atoms with van der Waals surface area (Å²) in [7, 11) is 0. The van der Waals surface area contributed by atoms with Crippen LogP contribution >= 0.6 is 0 Å². The van der Waals surface area contributed by atoms with E-state index < -0.39 is 17.8 Å². The van der Waals surface area contributed by atoms with E-state index in [9.17, 15) is 18.0 Å². The van der Waals surface area contributed by atoms with Gasteiger partial charge in [-0.2, -0.15) is 13.2 Å². The number of halogens is 3. The maximum absolute atomic E-state index is 12.7. The maximum Gasteiger partial charge on any atom is 0.416 e. The average Bonchev–Trinajstić information content (AvgIpc) is 2.54. The van der Waals surface area contributed by atoms with Gasteiger partial charge in [-0.15, -0.1) is 0 Å². The zero-order chi connectivity index (χ0) is 17.7. The molecule has 2 aromatic carbocycles. The van der Waals surface area contributed by atoms with Gasteiger partial charge in [0, 0.05) is 12.2 Å². The van der Waals surface area contributed by atoms with Gasteiger partial charge >= 0.3 is 6.18 Å². The van der Waals surface area contributed by atoms with Crippen molar-refractivity contribution in [3.63, 3.8) is 0 Å². The van der Waals surface area contributed by atoms with Crippen molar-refractivity contribution in [2.75, 3.05) is 5.32 Å². The SMILES string of the molecule is Cc1ccc(NC(=O)C(C)NCc2cccc(C(F)(F)F)c2)cc1. The summed E-state index contributed by atoms with van der Waals surface area (Å²) < 4.78 is 38.0. The standard InChI is InChI=1S/C18H19F3N2O/c1-12-6-8-16(9-7-12)23-17(24)13(2)22-11-14-4-3-5-15(10-14)18(19,20)21/h3-10,13,22H,11H2,1-2H3,(H,23,24). The van der Waals surface area contributed by atoms with Crippen LogP contribution in [0.2, 0.25) is 0 Å². The molecule has 0 saturated heterocycles. The van der Waals surface area contributed by atoms with Crippen LogP contribution in [0.3, 0.4) is 0 Å². The molecule has 24 heavy (non-hydrogen) atoms.